The lowest BCUT2D eigenvalue weighted by Crippen LogP contribution is -2.28. The van der Waals surface area contributed by atoms with Gasteiger partial charge >= 0.3 is 0 Å². The van der Waals surface area contributed by atoms with E-state index in [9.17, 15) is 4.79 Å². The van der Waals surface area contributed by atoms with Crippen molar-refractivity contribution in [2.24, 2.45) is 0 Å². The molecule has 7 heteroatoms. The summed E-state index contributed by atoms with van der Waals surface area (Å²) in [5, 5.41) is 3.20. The molecular weight excluding hydrogens is 320 g/mol. The zero-order valence-electron chi connectivity index (χ0n) is 14.7. The second-order valence-corrected chi connectivity index (χ2v) is 5.88. The number of methoxy groups -OCH3 is 2. The van der Waals surface area contributed by atoms with Crippen LogP contribution in [0.1, 0.15) is 29.2 Å². The third kappa shape index (κ3) is 3.81. The number of benzene rings is 1. The van der Waals surface area contributed by atoms with Gasteiger partial charge in [0.15, 0.2) is 0 Å². The van der Waals surface area contributed by atoms with Crippen molar-refractivity contribution in [2.45, 2.75) is 19.8 Å². The number of nitrogens with one attached hydrogen (secondary N) is 1. The molecule has 0 aliphatic carbocycles. The third-order valence-electron chi connectivity index (χ3n) is 4.12. The van der Waals surface area contributed by atoms with Gasteiger partial charge in [-0.3, -0.25) is 4.79 Å². The van der Waals surface area contributed by atoms with Crippen molar-refractivity contribution in [3.8, 4) is 11.5 Å². The van der Waals surface area contributed by atoms with Gasteiger partial charge in [-0.1, -0.05) is 0 Å². The van der Waals surface area contributed by atoms with E-state index in [2.05, 4.69) is 15.3 Å². The summed E-state index contributed by atoms with van der Waals surface area (Å²) in [6.45, 7) is 3.34. The topological polar surface area (TPSA) is 76.6 Å². The average Bonchev–Trinajstić information content (AvgIpc) is 3.15. The number of rotatable bonds is 5. The molecule has 0 unspecified atom stereocenters. The van der Waals surface area contributed by atoms with Crippen LogP contribution in [-0.4, -0.2) is 48.1 Å². The Labute approximate surface area is 147 Å². The van der Waals surface area contributed by atoms with Gasteiger partial charge < -0.3 is 19.7 Å². The highest BCUT2D eigenvalue weighted by Crippen LogP contribution is 2.31. The molecule has 7 nitrogen and oxygen atoms in total. The molecular formula is C18H22N4O3. The Kier molecular flexibility index (Phi) is 5.02. The van der Waals surface area contributed by atoms with Crippen molar-refractivity contribution in [3.05, 3.63) is 35.8 Å². The van der Waals surface area contributed by atoms with Crippen LogP contribution >= 0.6 is 0 Å². The number of nitrogens with zero attached hydrogens (tertiary/aromatic N) is 3. The van der Waals surface area contributed by atoms with E-state index < -0.39 is 0 Å². The van der Waals surface area contributed by atoms with Crippen LogP contribution in [-0.2, 0) is 0 Å². The Bertz CT molecular complexity index is 773. The second-order valence-electron chi connectivity index (χ2n) is 5.88. The van der Waals surface area contributed by atoms with E-state index in [0.29, 0.717) is 34.5 Å². The number of aromatic nitrogens is 2. The molecule has 1 aliphatic heterocycles. The quantitative estimate of drug-likeness (QED) is 0.900. The normalized spacial score (nSPS) is 13.6. The number of amides is 1. The summed E-state index contributed by atoms with van der Waals surface area (Å²) in [6.07, 6.45) is 2.09. The second kappa shape index (κ2) is 7.38. The van der Waals surface area contributed by atoms with Gasteiger partial charge in [0.05, 0.1) is 19.9 Å². The van der Waals surface area contributed by atoms with Crippen LogP contribution < -0.4 is 14.8 Å². The summed E-state index contributed by atoms with van der Waals surface area (Å²) in [5.74, 6) is 2.38. The minimum Gasteiger partial charge on any atom is -0.497 e. The fourth-order valence-corrected chi connectivity index (χ4v) is 2.87. The first-order chi connectivity index (χ1) is 12.1. The molecule has 2 aromatic rings. The van der Waals surface area contributed by atoms with Gasteiger partial charge in [-0.05, 0) is 31.9 Å². The molecule has 0 radical (unpaired) electrons. The molecule has 25 heavy (non-hydrogen) atoms. The molecule has 1 saturated heterocycles. The van der Waals surface area contributed by atoms with Gasteiger partial charge in [0, 0.05) is 25.2 Å². The van der Waals surface area contributed by atoms with Crippen LogP contribution in [0.2, 0.25) is 0 Å². The largest absolute Gasteiger partial charge is 0.497 e. The van der Waals surface area contributed by atoms with Crippen molar-refractivity contribution >= 4 is 17.4 Å². The molecule has 1 fully saturated rings. The van der Waals surface area contributed by atoms with Crippen molar-refractivity contribution in [1.82, 2.24) is 14.9 Å². The Balaban J connectivity index is 1.89. The monoisotopic (exact) mass is 342 g/mol. The van der Waals surface area contributed by atoms with Crippen LogP contribution in [0.25, 0.3) is 0 Å². The fourth-order valence-electron chi connectivity index (χ4n) is 2.87. The number of likely N-dealkylation sites (tertiary alicyclic amines) is 1. The predicted molar refractivity (Wildman–Crippen MR) is 94.7 cm³/mol. The summed E-state index contributed by atoms with van der Waals surface area (Å²) in [7, 11) is 3.20. The minimum atomic E-state index is -0.0522. The lowest BCUT2D eigenvalue weighted by atomic mass is 10.2. The zero-order valence-corrected chi connectivity index (χ0v) is 14.7. The van der Waals surface area contributed by atoms with Crippen LogP contribution in [0.3, 0.4) is 0 Å². The smallest absolute Gasteiger partial charge is 0.272 e. The lowest BCUT2D eigenvalue weighted by Gasteiger charge is -2.16. The molecule has 0 bridgehead atoms. The molecule has 3 rings (SSSR count). The first-order valence-electron chi connectivity index (χ1n) is 8.24. The average molecular weight is 342 g/mol. The Hall–Kier alpha value is -2.83. The van der Waals surface area contributed by atoms with Crippen molar-refractivity contribution in [2.75, 3.05) is 32.6 Å². The van der Waals surface area contributed by atoms with E-state index in [4.69, 9.17) is 9.47 Å². The van der Waals surface area contributed by atoms with Crippen molar-refractivity contribution in [3.63, 3.8) is 0 Å². The number of carbonyl (C=O) groups is 1. The summed E-state index contributed by atoms with van der Waals surface area (Å²) >= 11 is 0. The van der Waals surface area contributed by atoms with Crippen LogP contribution in [0, 0.1) is 6.92 Å². The fraction of sp³-hybridized carbons (Fsp3) is 0.389. The van der Waals surface area contributed by atoms with Gasteiger partial charge in [-0.25, -0.2) is 9.97 Å². The maximum Gasteiger partial charge on any atom is 0.272 e. The number of aryl methyl sites for hydroxylation is 1. The number of ether oxygens (including phenoxy) is 2. The molecule has 1 aromatic heterocycles. The zero-order chi connectivity index (χ0) is 17.8. The molecule has 0 saturated carbocycles. The van der Waals surface area contributed by atoms with Gasteiger partial charge in [0.2, 0.25) is 0 Å². The van der Waals surface area contributed by atoms with Crippen molar-refractivity contribution in [1.29, 1.82) is 0 Å². The Morgan fingerprint density at radius 3 is 2.56 bits per heavy atom. The molecule has 0 atom stereocenters. The highest BCUT2D eigenvalue weighted by atomic mass is 16.5. The maximum absolute atomic E-state index is 12.6. The van der Waals surface area contributed by atoms with E-state index >= 15 is 0 Å². The van der Waals surface area contributed by atoms with E-state index in [1.807, 2.05) is 23.1 Å². The molecule has 1 aliphatic rings. The van der Waals surface area contributed by atoms with E-state index in [-0.39, 0.29) is 5.91 Å². The van der Waals surface area contributed by atoms with E-state index in [1.165, 1.54) is 0 Å². The standard InChI is InChI=1S/C18H22N4O3/c1-12-19-15(18(23)22-8-4-5-9-22)11-17(20-12)21-14-10-13(24-2)6-7-16(14)25-3/h6-7,10-11H,4-5,8-9H2,1-3H3,(H,19,20,21). The van der Waals surface area contributed by atoms with E-state index in [0.717, 1.165) is 25.9 Å². The first kappa shape index (κ1) is 17.0. The lowest BCUT2D eigenvalue weighted by molar-refractivity contribution is 0.0786. The number of hydrogen-bond donors (Lipinski definition) is 1. The Morgan fingerprint density at radius 2 is 1.88 bits per heavy atom. The molecule has 1 aromatic carbocycles. The molecule has 1 N–H and O–H groups in total. The van der Waals surface area contributed by atoms with Crippen LogP contribution in [0.15, 0.2) is 24.3 Å². The van der Waals surface area contributed by atoms with Crippen LogP contribution in [0.5, 0.6) is 11.5 Å². The molecule has 1 amide bonds. The summed E-state index contributed by atoms with van der Waals surface area (Å²) in [4.78, 5) is 23.1. The first-order valence-corrected chi connectivity index (χ1v) is 8.24. The van der Waals surface area contributed by atoms with Gasteiger partial charge in [-0.2, -0.15) is 0 Å². The molecule has 0 spiro atoms. The van der Waals surface area contributed by atoms with Crippen molar-refractivity contribution < 1.29 is 14.3 Å². The Morgan fingerprint density at radius 1 is 1.12 bits per heavy atom. The number of carbonyl (C=O) groups excluding carboxylic acids is 1. The number of anilines is 2. The molecule has 132 valence electrons. The van der Waals surface area contributed by atoms with Crippen LogP contribution in [0.4, 0.5) is 11.5 Å². The van der Waals surface area contributed by atoms with Gasteiger partial charge in [0.25, 0.3) is 5.91 Å². The summed E-state index contributed by atoms with van der Waals surface area (Å²) in [6, 6.07) is 7.12. The predicted octanol–water partition coefficient (Wildman–Crippen LogP) is 2.78. The van der Waals surface area contributed by atoms with E-state index in [1.54, 1.807) is 27.2 Å². The number of hydrogen-bond acceptors (Lipinski definition) is 6. The highest BCUT2D eigenvalue weighted by molar-refractivity contribution is 5.93. The van der Waals surface area contributed by atoms with Gasteiger partial charge in [-0.15, -0.1) is 0 Å². The molecule has 2 heterocycles. The SMILES string of the molecule is COc1ccc(OC)c(Nc2cc(C(=O)N3CCCC3)nc(C)n2)c1. The third-order valence-corrected chi connectivity index (χ3v) is 4.12. The highest BCUT2D eigenvalue weighted by Gasteiger charge is 2.21. The van der Waals surface area contributed by atoms with Gasteiger partial charge in [0.1, 0.15) is 28.8 Å². The maximum atomic E-state index is 12.6. The summed E-state index contributed by atoms with van der Waals surface area (Å²) < 4.78 is 10.6. The summed E-state index contributed by atoms with van der Waals surface area (Å²) in [5.41, 5.74) is 1.11. The minimum absolute atomic E-state index is 0.0522.